The van der Waals surface area contributed by atoms with E-state index in [0.29, 0.717) is 12.3 Å². The Morgan fingerprint density at radius 1 is 1.24 bits per heavy atom. The quantitative estimate of drug-likeness (QED) is 0.546. The van der Waals surface area contributed by atoms with Crippen LogP contribution in [-0.4, -0.2) is 29.1 Å². The van der Waals surface area contributed by atoms with E-state index in [1.54, 1.807) is 0 Å². The highest BCUT2D eigenvalue weighted by atomic mass is 16.4. The Morgan fingerprint density at radius 2 is 1.86 bits per heavy atom. The maximum absolute atomic E-state index is 12.1. The van der Waals surface area contributed by atoms with Crippen LogP contribution < -0.4 is 11.1 Å². The molecule has 0 spiro atoms. The molecule has 124 valence electrons. The number of carboxylic acid groups (broad SMARTS) is 1. The first kappa shape index (κ1) is 19.9. The van der Waals surface area contributed by atoms with Gasteiger partial charge in [-0.2, -0.15) is 0 Å². The Bertz CT molecular complexity index is 321. The molecule has 0 saturated carbocycles. The van der Waals surface area contributed by atoms with Crippen LogP contribution >= 0.6 is 0 Å². The lowest BCUT2D eigenvalue weighted by atomic mass is 9.93. The molecule has 0 aliphatic rings. The number of unbranched alkanes of at least 4 members (excludes halogenated alkanes) is 1. The molecule has 5 heteroatoms. The molecule has 0 fully saturated rings. The highest BCUT2D eigenvalue weighted by Gasteiger charge is 2.24. The van der Waals surface area contributed by atoms with Gasteiger partial charge in [0.1, 0.15) is 0 Å². The van der Waals surface area contributed by atoms with Crippen molar-refractivity contribution in [3.63, 3.8) is 0 Å². The number of nitrogens with one attached hydrogen (secondary N) is 1. The van der Waals surface area contributed by atoms with Gasteiger partial charge < -0.3 is 16.2 Å². The van der Waals surface area contributed by atoms with Crippen molar-refractivity contribution < 1.29 is 14.7 Å². The highest BCUT2D eigenvalue weighted by Crippen LogP contribution is 2.16. The van der Waals surface area contributed by atoms with Crippen molar-refractivity contribution in [2.75, 3.05) is 0 Å². The summed E-state index contributed by atoms with van der Waals surface area (Å²) in [4.78, 5) is 23.1. The zero-order chi connectivity index (χ0) is 16.4. The van der Waals surface area contributed by atoms with Crippen LogP contribution in [0.2, 0.25) is 0 Å². The third kappa shape index (κ3) is 8.71. The zero-order valence-corrected chi connectivity index (χ0v) is 13.9. The van der Waals surface area contributed by atoms with Crippen LogP contribution in [-0.2, 0) is 9.59 Å². The third-order valence-corrected chi connectivity index (χ3v) is 4.06. The van der Waals surface area contributed by atoms with Crippen LogP contribution in [0.25, 0.3) is 0 Å². The van der Waals surface area contributed by atoms with Crippen molar-refractivity contribution in [2.45, 2.75) is 78.3 Å². The van der Waals surface area contributed by atoms with E-state index in [9.17, 15) is 9.59 Å². The minimum atomic E-state index is -0.889. The van der Waals surface area contributed by atoms with Gasteiger partial charge in [-0.05, 0) is 18.3 Å². The topological polar surface area (TPSA) is 92.4 Å². The molecule has 4 atom stereocenters. The van der Waals surface area contributed by atoms with E-state index in [-0.39, 0.29) is 24.3 Å². The van der Waals surface area contributed by atoms with Gasteiger partial charge in [0.15, 0.2) is 0 Å². The molecule has 5 nitrogen and oxygen atoms in total. The van der Waals surface area contributed by atoms with Crippen molar-refractivity contribution in [2.24, 2.45) is 17.6 Å². The van der Waals surface area contributed by atoms with Crippen LogP contribution in [0.5, 0.6) is 0 Å². The second-order valence-electron chi connectivity index (χ2n) is 6.20. The lowest BCUT2D eigenvalue weighted by molar-refractivity contribution is -0.137. The van der Waals surface area contributed by atoms with Gasteiger partial charge in [0.2, 0.25) is 5.91 Å². The van der Waals surface area contributed by atoms with Gasteiger partial charge in [0.25, 0.3) is 0 Å². The number of carbonyl (C=O) groups is 2. The first-order chi connectivity index (χ1) is 9.81. The number of hydrogen-bond acceptors (Lipinski definition) is 3. The summed E-state index contributed by atoms with van der Waals surface area (Å²) >= 11 is 0. The molecular weight excluding hydrogens is 268 g/mol. The fourth-order valence-corrected chi connectivity index (χ4v) is 2.37. The molecule has 0 aromatic rings. The van der Waals surface area contributed by atoms with Crippen LogP contribution in [0, 0.1) is 11.8 Å². The SMILES string of the molecule is CCCCC(C)CC(CC(=O)O)NC(=O)[C@@H](N)C(C)CC. The Morgan fingerprint density at radius 3 is 2.33 bits per heavy atom. The Kier molecular flexibility index (Phi) is 10.0. The van der Waals surface area contributed by atoms with Crippen molar-refractivity contribution >= 4 is 11.9 Å². The summed E-state index contributed by atoms with van der Waals surface area (Å²) < 4.78 is 0. The lowest BCUT2D eigenvalue weighted by Crippen LogP contribution is -2.49. The first-order valence-corrected chi connectivity index (χ1v) is 8.09. The fraction of sp³-hybridized carbons (Fsp3) is 0.875. The predicted octanol–water partition coefficient (Wildman–Crippen LogP) is 2.54. The molecule has 3 unspecified atom stereocenters. The summed E-state index contributed by atoms with van der Waals surface area (Å²) in [5, 5.41) is 11.8. The molecule has 0 saturated heterocycles. The molecule has 0 heterocycles. The van der Waals surface area contributed by atoms with Crippen LogP contribution in [0.4, 0.5) is 0 Å². The lowest BCUT2D eigenvalue weighted by Gasteiger charge is -2.24. The molecule has 0 aromatic carbocycles. The Labute approximate surface area is 128 Å². The second-order valence-corrected chi connectivity index (χ2v) is 6.20. The van der Waals surface area contributed by atoms with E-state index >= 15 is 0 Å². The minimum absolute atomic E-state index is 0.0462. The Hall–Kier alpha value is -1.10. The summed E-state index contributed by atoms with van der Waals surface area (Å²) in [6.45, 7) is 8.15. The molecule has 0 aliphatic carbocycles. The van der Waals surface area contributed by atoms with Gasteiger partial charge in [-0.25, -0.2) is 0 Å². The van der Waals surface area contributed by atoms with Crippen molar-refractivity contribution in [1.29, 1.82) is 0 Å². The predicted molar refractivity (Wildman–Crippen MR) is 84.9 cm³/mol. The van der Waals surface area contributed by atoms with Gasteiger partial charge in [-0.3, -0.25) is 9.59 Å². The van der Waals surface area contributed by atoms with Crippen molar-refractivity contribution in [3.8, 4) is 0 Å². The molecule has 0 radical (unpaired) electrons. The van der Waals surface area contributed by atoms with E-state index < -0.39 is 12.0 Å². The largest absolute Gasteiger partial charge is 0.481 e. The Balaban J connectivity index is 4.54. The average Bonchev–Trinajstić information content (AvgIpc) is 2.42. The molecule has 0 bridgehead atoms. The normalized spacial score (nSPS) is 16.8. The van der Waals surface area contributed by atoms with Gasteiger partial charge in [-0.15, -0.1) is 0 Å². The summed E-state index contributed by atoms with van der Waals surface area (Å²) in [6, 6.07) is -0.908. The number of hydrogen-bond donors (Lipinski definition) is 3. The van der Waals surface area contributed by atoms with E-state index in [1.807, 2.05) is 13.8 Å². The van der Waals surface area contributed by atoms with Crippen LogP contribution in [0.3, 0.4) is 0 Å². The first-order valence-electron chi connectivity index (χ1n) is 8.09. The summed E-state index contributed by atoms with van der Waals surface area (Å²) in [5.74, 6) is -0.638. The fourth-order valence-electron chi connectivity index (χ4n) is 2.37. The molecule has 4 N–H and O–H groups in total. The van der Waals surface area contributed by atoms with Gasteiger partial charge in [0, 0.05) is 6.04 Å². The summed E-state index contributed by atoms with van der Waals surface area (Å²) in [6.07, 6.45) is 4.77. The number of nitrogens with two attached hydrogens (primary N) is 1. The number of carboxylic acids is 1. The third-order valence-electron chi connectivity index (χ3n) is 4.06. The molecule has 0 rings (SSSR count). The minimum Gasteiger partial charge on any atom is -0.481 e. The maximum Gasteiger partial charge on any atom is 0.305 e. The standard InChI is InChI=1S/C16H32N2O3/c1-5-7-8-11(3)9-13(10-14(19)20)18-16(21)15(17)12(4)6-2/h11-13,15H,5-10,17H2,1-4H3,(H,18,21)(H,19,20)/t11?,12?,13?,15-/m0/s1. The van der Waals surface area contributed by atoms with Crippen molar-refractivity contribution in [1.82, 2.24) is 5.32 Å². The zero-order valence-electron chi connectivity index (χ0n) is 13.9. The average molecular weight is 300 g/mol. The second kappa shape index (κ2) is 10.6. The molecule has 1 amide bonds. The number of carbonyl (C=O) groups excluding carboxylic acids is 1. The van der Waals surface area contributed by atoms with Gasteiger partial charge in [0.05, 0.1) is 12.5 Å². The van der Waals surface area contributed by atoms with E-state index in [0.717, 1.165) is 25.7 Å². The molecule has 0 aliphatic heterocycles. The summed E-state index contributed by atoms with van der Waals surface area (Å²) in [7, 11) is 0. The molecule has 21 heavy (non-hydrogen) atoms. The maximum atomic E-state index is 12.1. The van der Waals surface area contributed by atoms with E-state index in [1.165, 1.54) is 0 Å². The van der Waals surface area contributed by atoms with Gasteiger partial charge in [-0.1, -0.05) is 53.4 Å². The highest BCUT2D eigenvalue weighted by molar-refractivity contribution is 5.82. The molecule has 0 aromatic heterocycles. The molecular formula is C16H32N2O3. The van der Waals surface area contributed by atoms with Crippen molar-refractivity contribution in [3.05, 3.63) is 0 Å². The van der Waals surface area contributed by atoms with E-state index in [2.05, 4.69) is 19.2 Å². The van der Waals surface area contributed by atoms with E-state index in [4.69, 9.17) is 10.8 Å². The number of aliphatic carboxylic acids is 1. The smallest absolute Gasteiger partial charge is 0.305 e. The van der Waals surface area contributed by atoms with Crippen LogP contribution in [0.1, 0.15) is 66.2 Å². The number of amides is 1. The number of rotatable bonds is 11. The van der Waals surface area contributed by atoms with Crippen LogP contribution in [0.15, 0.2) is 0 Å². The van der Waals surface area contributed by atoms with Gasteiger partial charge >= 0.3 is 5.97 Å². The summed E-state index contributed by atoms with van der Waals surface area (Å²) in [5.41, 5.74) is 5.90. The monoisotopic (exact) mass is 300 g/mol.